The summed E-state index contributed by atoms with van der Waals surface area (Å²) in [4.78, 5) is 32.3. The van der Waals surface area contributed by atoms with Gasteiger partial charge in [0.1, 0.15) is 23.0 Å². The van der Waals surface area contributed by atoms with Crippen LogP contribution < -0.4 is 10.9 Å². The molecule has 0 spiro atoms. The molecular weight excluding hydrogens is 375 g/mol. The number of carbonyl (C=O) groups excluding carboxylic acids is 1. The maximum atomic E-state index is 13.4. The minimum Gasteiger partial charge on any atom is -0.361 e. The smallest absolute Gasteiger partial charge is 0.257 e. The van der Waals surface area contributed by atoms with E-state index in [4.69, 9.17) is 4.52 Å². The molecule has 1 amide bonds. The van der Waals surface area contributed by atoms with Crippen LogP contribution in [0, 0.1) is 19.7 Å². The lowest BCUT2D eigenvalue weighted by Gasteiger charge is -2.19. The number of nitrogens with one attached hydrogen (secondary N) is 2. The van der Waals surface area contributed by atoms with Gasteiger partial charge in [0.05, 0.1) is 17.4 Å². The number of aromatic nitrogens is 3. The highest BCUT2D eigenvalue weighted by Crippen LogP contribution is 2.37. The summed E-state index contributed by atoms with van der Waals surface area (Å²) >= 11 is 0. The van der Waals surface area contributed by atoms with Crippen LogP contribution >= 0.6 is 0 Å². The van der Waals surface area contributed by atoms with Crippen LogP contribution in [0.4, 0.5) is 4.39 Å². The summed E-state index contributed by atoms with van der Waals surface area (Å²) < 4.78 is 18.5. The van der Waals surface area contributed by atoms with Gasteiger partial charge in [0.2, 0.25) is 0 Å². The molecule has 1 fully saturated rings. The number of hydrogen-bond donors (Lipinski definition) is 2. The molecule has 1 aliphatic rings. The van der Waals surface area contributed by atoms with Crippen molar-refractivity contribution >= 4 is 5.91 Å². The van der Waals surface area contributed by atoms with Gasteiger partial charge in [0, 0.05) is 18.4 Å². The first-order valence-corrected chi connectivity index (χ1v) is 9.50. The molecule has 7 nitrogen and oxygen atoms in total. The van der Waals surface area contributed by atoms with Crippen molar-refractivity contribution in [1.82, 2.24) is 20.4 Å². The van der Waals surface area contributed by atoms with E-state index in [2.05, 4.69) is 20.4 Å². The van der Waals surface area contributed by atoms with Gasteiger partial charge in [-0.2, -0.15) is 0 Å². The number of H-pyrrole nitrogens is 1. The van der Waals surface area contributed by atoms with Crippen molar-refractivity contribution in [2.75, 3.05) is 0 Å². The summed E-state index contributed by atoms with van der Waals surface area (Å²) in [6, 6.07) is 6.84. The minimum absolute atomic E-state index is 0.216. The molecule has 3 aromatic rings. The van der Waals surface area contributed by atoms with E-state index in [1.807, 2.05) is 0 Å². The van der Waals surface area contributed by atoms with Crippen molar-refractivity contribution in [3.8, 4) is 0 Å². The molecule has 1 saturated carbocycles. The standard InChI is InChI=1S/C21H21FN4O3/c1-11-19(12(2)29-26-11)21(28)24-17(13-5-7-15(22)8-6-13)9-16-10-18(27)25-20(23-16)14-3-4-14/h5-8,10,14,17H,3-4,9H2,1-2H3,(H,24,28)(H,23,25,27)/t17-/m1/s1. The summed E-state index contributed by atoms with van der Waals surface area (Å²) in [6.45, 7) is 3.36. The highest BCUT2D eigenvalue weighted by Gasteiger charge is 2.27. The molecular formula is C21H21FN4O3. The van der Waals surface area contributed by atoms with E-state index in [9.17, 15) is 14.0 Å². The maximum Gasteiger partial charge on any atom is 0.257 e. The summed E-state index contributed by atoms with van der Waals surface area (Å²) in [5.41, 5.74) is 1.93. The van der Waals surface area contributed by atoms with Crippen molar-refractivity contribution < 1.29 is 13.7 Å². The minimum atomic E-state index is -0.502. The highest BCUT2D eigenvalue weighted by atomic mass is 19.1. The van der Waals surface area contributed by atoms with E-state index < -0.39 is 6.04 Å². The zero-order valence-corrected chi connectivity index (χ0v) is 16.2. The lowest BCUT2D eigenvalue weighted by molar-refractivity contribution is 0.0934. The summed E-state index contributed by atoms with van der Waals surface area (Å²) in [6.07, 6.45) is 2.32. The molecule has 29 heavy (non-hydrogen) atoms. The highest BCUT2D eigenvalue weighted by molar-refractivity contribution is 5.96. The van der Waals surface area contributed by atoms with Gasteiger partial charge in [0.15, 0.2) is 0 Å². The lowest BCUT2D eigenvalue weighted by atomic mass is 10.0. The Kier molecular flexibility index (Phi) is 5.00. The van der Waals surface area contributed by atoms with E-state index in [0.717, 1.165) is 12.8 Å². The zero-order chi connectivity index (χ0) is 20.5. The monoisotopic (exact) mass is 396 g/mol. The first-order valence-electron chi connectivity index (χ1n) is 9.50. The predicted octanol–water partition coefficient (Wildman–Crippen LogP) is 3.11. The fourth-order valence-corrected chi connectivity index (χ4v) is 3.38. The van der Waals surface area contributed by atoms with Gasteiger partial charge in [-0.25, -0.2) is 9.37 Å². The average Bonchev–Trinajstić information content (AvgIpc) is 3.46. The van der Waals surface area contributed by atoms with E-state index in [1.165, 1.54) is 18.2 Å². The first-order chi connectivity index (χ1) is 13.9. The molecule has 0 radical (unpaired) electrons. The topological polar surface area (TPSA) is 101 Å². The molecule has 2 N–H and O–H groups in total. The molecule has 8 heteroatoms. The van der Waals surface area contributed by atoms with Crippen molar-refractivity contribution in [2.24, 2.45) is 0 Å². The molecule has 150 valence electrons. The third-order valence-corrected chi connectivity index (χ3v) is 5.03. The summed E-state index contributed by atoms with van der Waals surface area (Å²) in [5.74, 6) is 0.687. The van der Waals surface area contributed by atoms with Gasteiger partial charge in [-0.05, 0) is 44.4 Å². The molecule has 2 aromatic heterocycles. The van der Waals surface area contributed by atoms with Gasteiger partial charge >= 0.3 is 0 Å². The Balaban J connectivity index is 1.64. The number of hydrogen-bond acceptors (Lipinski definition) is 5. The van der Waals surface area contributed by atoms with Crippen LogP contribution in [0.15, 0.2) is 39.6 Å². The number of aryl methyl sites for hydroxylation is 2. The van der Waals surface area contributed by atoms with E-state index in [0.29, 0.717) is 46.4 Å². The number of halogens is 1. The number of amides is 1. The normalized spacial score (nSPS) is 14.6. The second-order valence-electron chi connectivity index (χ2n) is 7.38. The fraction of sp³-hybridized carbons (Fsp3) is 0.333. The molecule has 1 aliphatic carbocycles. The van der Waals surface area contributed by atoms with Crippen molar-refractivity contribution in [2.45, 2.75) is 45.1 Å². The van der Waals surface area contributed by atoms with Crippen molar-refractivity contribution in [3.05, 3.63) is 80.6 Å². The van der Waals surface area contributed by atoms with Crippen LogP contribution in [-0.4, -0.2) is 21.0 Å². The molecule has 4 rings (SSSR count). The van der Waals surface area contributed by atoms with Gasteiger partial charge in [-0.1, -0.05) is 17.3 Å². The van der Waals surface area contributed by atoms with Crippen LogP contribution in [0.1, 0.15) is 63.7 Å². The predicted molar refractivity (Wildman–Crippen MR) is 103 cm³/mol. The van der Waals surface area contributed by atoms with Gasteiger partial charge in [0.25, 0.3) is 11.5 Å². The van der Waals surface area contributed by atoms with Gasteiger partial charge < -0.3 is 14.8 Å². The molecule has 0 saturated heterocycles. The van der Waals surface area contributed by atoms with Crippen LogP contribution in [0.3, 0.4) is 0 Å². The van der Waals surface area contributed by atoms with Crippen molar-refractivity contribution in [3.63, 3.8) is 0 Å². The largest absolute Gasteiger partial charge is 0.361 e. The van der Waals surface area contributed by atoms with Crippen molar-refractivity contribution in [1.29, 1.82) is 0 Å². The summed E-state index contributed by atoms with van der Waals surface area (Å²) in [5, 5.41) is 6.77. The molecule has 0 unspecified atom stereocenters. The Morgan fingerprint density at radius 3 is 2.66 bits per heavy atom. The Bertz CT molecular complexity index is 1080. The van der Waals surface area contributed by atoms with E-state index in [-0.39, 0.29) is 17.3 Å². The Hall–Kier alpha value is -3.29. The molecule has 0 bridgehead atoms. The second-order valence-corrected chi connectivity index (χ2v) is 7.38. The third-order valence-electron chi connectivity index (χ3n) is 5.03. The summed E-state index contributed by atoms with van der Waals surface area (Å²) in [7, 11) is 0. The van der Waals surface area contributed by atoms with Crippen LogP contribution in [0.25, 0.3) is 0 Å². The number of aromatic amines is 1. The fourth-order valence-electron chi connectivity index (χ4n) is 3.38. The quantitative estimate of drug-likeness (QED) is 0.667. The van der Waals surface area contributed by atoms with Gasteiger partial charge in [-0.15, -0.1) is 0 Å². The lowest BCUT2D eigenvalue weighted by Crippen LogP contribution is -2.31. The Labute approximate surface area is 166 Å². The average molecular weight is 396 g/mol. The van der Waals surface area contributed by atoms with Gasteiger partial charge in [-0.3, -0.25) is 9.59 Å². The Morgan fingerprint density at radius 2 is 2.03 bits per heavy atom. The third kappa shape index (κ3) is 4.26. The number of rotatable bonds is 6. The number of nitrogens with zero attached hydrogens (tertiary/aromatic N) is 2. The van der Waals surface area contributed by atoms with Crippen LogP contribution in [-0.2, 0) is 6.42 Å². The van der Waals surface area contributed by atoms with Crippen LogP contribution in [0.2, 0.25) is 0 Å². The second kappa shape index (κ2) is 7.62. The molecule has 1 aromatic carbocycles. The Morgan fingerprint density at radius 1 is 1.31 bits per heavy atom. The first kappa shape index (κ1) is 19.0. The molecule has 2 heterocycles. The SMILES string of the molecule is Cc1noc(C)c1C(=O)N[C@H](Cc1cc(=O)[nH]c(C2CC2)n1)c1ccc(F)cc1. The van der Waals surface area contributed by atoms with E-state index in [1.54, 1.807) is 26.0 Å². The maximum absolute atomic E-state index is 13.4. The zero-order valence-electron chi connectivity index (χ0n) is 16.2. The molecule has 0 aliphatic heterocycles. The number of benzene rings is 1. The molecule has 1 atom stereocenters. The van der Waals surface area contributed by atoms with E-state index >= 15 is 0 Å². The van der Waals surface area contributed by atoms with Crippen LogP contribution in [0.5, 0.6) is 0 Å². The number of carbonyl (C=O) groups is 1.